The van der Waals surface area contributed by atoms with Gasteiger partial charge in [-0.1, -0.05) is 6.92 Å². The molecule has 1 aliphatic heterocycles. The molecular weight excluding hydrogens is 354 g/mol. The zero-order valence-corrected chi connectivity index (χ0v) is 16.2. The van der Waals surface area contributed by atoms with Crippen LogP contribution in [0.4, 0.5) is 0 Å². The predicted octanol–water partition coefficient (Wildman–Crippen LogP) is 2.05. The van der Waals surface area contributed by atoms with Crippen LogP contribution < -0.4 is 4.72 Å². The predicted molar refractivity (Wildman–Crippen MR) is 98.7 cm³/mol. The second-order valence-corrected chi connectivity index (χ2v) is 8.40. The highest BCUT2D eigenvalue weighted by molar-refractivity contribution is 7.90. The molecule has 2 rings (SSSR count). The van der Waals surface area contributed by atoms with Gasteiger partial charge in [0.25, 0.3) is 5.91 Å². The molecule has 0 aliphatic carbocycles. The number of carbonyl (C=O) groups is 1. The molecule has 142 valence electrons. The summed E-state index contributed by atoms with van der Waals surface area (Å²) < 4.78 is 34.0. The first kappa shape index (κ1) is 20.2. The minimum atomic E-state index is -3.83. The molecule has 1 N–H and O–H groups in total. The highest BCUT2D eigenvalue weighted by atomic mass is 32.2. The number of hydrogen-bond donors (Lipinski definition) is 1. The fourth-order valence-corrected chi connectivity index (χ4v) is 4.45. The summed E-state index contributed by atoms with van der Waals surface area (Å²) in [6, 6.07) is 3.71. The summed E-state index contributed by atoms with van der Waals surface area (Å²) in [5.74, 6) is -0.890. The van der Waals surface area contributed by atoms with Crippen LogP contribution in [0.2, 0.25) is 0 Å². The van der Waals surface area contributed by atoms with Crippen molar-refractivity contribution in [1.82, 2.24) is 9.29 Å². The number of sulfonamides is 1. The number of rotatable bonds is 6. The van der Waals surface area contributed by atoms with E-state index in [1.54, 1.807) is 0 Å². The van der Waals surface area contributed by atoms with Crippen molar-refractivity contribution >= 4 is 22.0 Å². The summed E-state index contributed by atoms with van der Waals surface area (Å²) >= 11 is 0. The molecule has 0 atom stereocenters. The maximum absolute atomic E-state index is 12.4. The minimum Gasteiger partial charge on any atom is -0.381 e. The van der Waals surface area contributed by atoms with Gasteiger partial charge < -0.3 is 9.30 Å². The van der Waals surface area contributed by atoms with Crippen LogP contribution in [0.3, 0.4) is 0 Å². The number of amides is 1. The average Bonchev–Trinajstić information content (AvgIpc) is 2.87. The van der Waals surface area contributed by atoms with E-state index in [4.69, 9.17) is 4.74 Å². The monoisotopic (exact) mass is 379 g/mol. The van der Waals surface area contributed by atoms with Gasteiger partial charge in [-0.2, -0.15) is 5.26 Å². The lowest BCUT2D eigenvalue weighted by molar-refractivity contribution is -0.115. The van der Waals surface area contributed by atoms with E-state index in [0.717, 1.165) is 29.9 Å². The Morgan fingerprint density at radius 2 is 2.08 bits per heavy atom. The van der Waals surface area contributed by atoms with Crippen molar-refractivity contribution in [2.45, 2.75) is 51.8 Å². The van der Waals surface area contributed by atoms with Crippen molar-refractivity contribution in [3.05, 3.63) is 28.6 Å². The quantitative estimate of drug-likeness (QED) is 0.602. The third-order valence-electron chi connectivity index (χ3n) is 4.57. The van der Waals surface area contributed by atoms with Gasteiger partial charge in [0.05, 0.1) is 5.25 Å². The normalized spacial score (nSPS) is 16.3. The minimum absolute atomic E-state index is 0.225. The van der Waals surface area contributed by atoms with E-state index in [2.05, 4.69) is 11.5 Å². The first-order valence-corrected chi connectivity index (χ1v) is 10.3. The zero-order valence-electron chi connectivity index (χ0n) is 15.4. The summed E-state index contributed by atoms with van der Waals surface area (Å²) in [7, 11) is -3.83. The fourth-order valence-electron chi connectivity index (χ4n) is 3.10. The number of nitrogens with zero attached hydrogens (tertiary/aromatic N) is 2. The molecule has 1 amide bonds. The van der Waals surface area contributed by atoms with Crippen LogP contribution in [0.1, 0.15) is 43.1 Å². The third kappa shape index (κ3) is 4.54. The molecule has 0 aromatic carbocycles. The Morgan fingerprint density at radius 1 is 1.42 bits per heavy atom. The third-order valence-corrected chi connectivity index (χ3v) is 6.39. The highest BCUT2D eigenvalue weighted by Crippen LogP contribution is 2.19. The Labute approximate surface area is 154 Å². The Morgan fingerprint density at radius 3 is 2.65 bits per heavy atom. The molecule has 8 heteroatoms. The van der Waals surface area contributed by atoms with E-state index in [9.17, 15) is 18.5 Å². The molecule has 0 unspecified atom stereocenters. The van der Waals surface area contributed by atoms with Gasteiger partial charge in [0, 0.05) is 31.1 Å². The topological polar surface area (TPSA) is 101 Å². The summed E-state index contributed by atoms with van der Waals surface area (Å²) in [6.45, 7) is 7.50. The van der Waals surface area contributed by atoms with Crippen molar-refractivity contribution < 1.29 is 17.9 Å². The van der Waals surface area contributed by atoms with Gasteiger partial charge in [-0.25, -0.2) is 13.1 Å². The molecule has 0 saturated carbocycles. The van der Waals surface area contributed by atoms with E-state index < -0.39 is 21.2 Å². The van der Waals surface area contributed by atoms with Crippen LogP contribution in [0, 0.1) is 25.2 Å². The SMILES string of the molecule is CCCn1c(C)cc(/C=C(/C#N)C(=O)NS(=O)(=O)C2CCOCC2)c1C. The maximum Gasteiger partial charge on any atom is 0.275 e. The first-order valence-electron chi connectivity index (χ1n) is 8.72. The van der Waals surface area contributed by atoms with Gasteiger partial charge in [0.2, 0.25) is 10.0 Å². The number of ether oxygens (including phenoxy) is 1. The first-order chi connectivity index (χ1) is 12.3. The van der Waals surface area contributed by atoms with Gasteiger partial charge in [-0.05, 0) is 50.8 Å². The van der Waals surface area contributed by atoms with Gasteiger partial charge in [-0.15, -0.1) is 0 Å². The van der Waals surface area contributed by atoms with E-state index >= 15 is 0 Å². The summed E-state index contributed by atoms with van der Waals surface area (Å²) in [5, 5.41) is 8.66. The van der Waals surface area contributed by atoms with Crippen molar-refractivity contribution in [3.8, 4) is 6.07 Å². The number of carbonyl (C=O) groups excluding carboxylic acids is 1. The second kappa shape index (κ2) is 8.52. The highest BCUT2D eigenvalue weighted by Gasteiger charge is 2.30. The standard InChI is InChI=1S/C18H25N3O4S/c1-4-7-21-13(2)10-15(14(21)3)11-16(12-19)18(22)20-26(23,24)17-5-8-25-9-6-17/h10-11,17H,4-9H2,1-3H3,(H,20,22)/b16-11-. The number of nitriles is 1. The molecule has 0 radical (unpaired) electrons. The van der Waals surface area contributed by atoms with Gasteiger partial charge >= 0.3 is 0 Å². The van der Waals surface area contributed by atoms with Crippen molar-refractivity contribution in [2.24, 2.45) is 0 Å². The van der Waals surface area contributed by atoms with Crippen LogP contribution >= 0.6 is 0 Å². The Kier molecular flexibility index (Phi) is 6.62. The molecule has 1 fully saturated rings. The molecule has 0 spiro atoms. The van der Waals surface area contributed by atoms with E-state index in [0.29, 0.717) is 26.1 Å². The number of nitrogens with one attached hydrogen (secondary N) is 1. The van der Waals surface area contributed by atoms with Crippen molar-refractivity contribution in [1.29, 1.82) is 5.26 Å². The molecule has 2 heterocycles. The largest absolute Gasteiger partial charge is 0.381 e. The zero-order chi connectivity index (χ0) is 19.3. The molecule has 1 aromatic rings. The van der Waals surface area contributed by atoms with E-state index in [1.165, 1.54) is 6.08 Å². The molecule has 1 aliphatic rings. The van der Waals surface area contributed by atoms with Crippen LogP contribution in [0.5, 0.6) is 0 Å². The van der Waals surface area contributed by atoms with Crippen LogP contribution in [-0.4, -0.2) is 37.4 Å². The molecular formula is C18H25N3O4S. The fraction of sp³-hybridized carbons (Fsp3) is 0.556. The van der Waals surface area contributed by atoms with Gasteiger partial charge in [0.1, 0.15) is 11.6 Å². The number of hydrogen-bond acceptors (Lipinski definition) is 5. The smallest absolute Gasteiger partial charge is 0.275 e. The van der Waals surface area contributed by atoms with Crippen LogP contribution in [0.15, 0.2) is 11.6 Å². The Bertz CT molecular complexity index is 841. The molecule has 7 nitrogen and oxygen atoms in total. The van der Waals surface area contributed by atoms with Gasteiger partial charge in [-0.3, -0.25) is 4.79 Å². The lowest BCUT2D eigenvalue weighted by Gasteiger charge is -2.22. The molecule has 26 heavy (non-hydrogen) atoms. The number of aromatic nitrogens is 1. The molecule has 1 aromatic heterocycles. The van der Waals surface area contributed by atoms with E-state index in [1.807, 2.05) is 30.7 Å². The Balaban J connectivity index is 2.22. The van der Waals surface area contributed by atoms with Crippen LogP contribution in [-0.2, 0) is 26.1 Å². The second-order valence-electron chi connectivity index (χ2n) is 6.44. The average molecular weight is 379 g/mol. The number of aryl methyl sites for hydroxylation is 1. The Hall–Kier alpha value is -2.11. The summed E-state index contributed by atoms with van der Waals surface area (Å²) in [4.78, 5) is 12.3. The summed E-state index contributed by atoms with van der Waals surface area (Å²) in [5.41, 5.74) is 2.49. The molecule has 0 bridgehead atoms. The van der Waals surface area contributed by atoms with Gasteiger partial charge in [0.15, 0.2) is 0 Å². The van der Waals surface area contributed by atoms with Crippen molar-refractivity contribution in [2.75, 3.05) is 13.2 Å². The lowest BCUT2D eigenvalue weighted by atomic mass is 10.1. The van der Waals surface area contributed by atoms with E-state index in [-0.39, 0.29) is 5.57 Å². The lowest BCUT2D eigenvalue weighted by Crippen LogP contribution is -2.41. The van der Waals surface area contributed by atoms with Crippen LogP contribution in [0.25, 0.3) is 6.08 Å². The van der Waals surface area contributed by atoms with Crippen molar-refractivity contribution in [3.63, 3.8) is 0 Å². The molecule has 1 saturated heterocycles. The summed E-state index contributed by atoms with van der Waals surface area (Å²) in [6.07, 6.45) is 3.09. The maximum atomic E-state index is 12.4.